The molecule has 0 saturated carbocycles. The van der Waals surface area contributed by atoms with Gasteiger partial charge >= 0.3 is 6.36 Å². The van der Waals surface area contributed by atoms with Gasteiger partial charge in [-0.05, 0) is 69.9 Å². The van der Waals surface area contributed by atoms with Crippen molar-refractivity contribution < 1.29 is 26.3 Å². The predicted octanol–water partition coefficient (Wildman–Crippen LogP) is 3.63. The molecule has 176 valence electrons. The summed E-state index contributed by atoms with van der Waals surface area (Å²) in [5.41, 5.74) is 0.813. The second-order valence-corrected chi connectivity index (χ2v) is 9.79. The lowest BCUT2D eigenvalue weighted by atomic mass is 10.0. The second-order valence-electron chi connectivity index (χ2n) is 8.08. The third-order valence-electron chi connectivity index (χ3n) is 5.65. The molecular formula is C22H28F3N3O3S. The topological polar surface area (TPSA) is 61.9 Å². The van der Waals surface area contributed by atoms with E-state index in [2.05, 4.69) is 26.3 Å². The highest BCUT2D eigenvalue weighted by Gasteiger charge is 2.31. The van der Waals surface area contributed by atoms with Gasteiger partial charge in [0.05, 0.1) is 10.9 Å². The van der Waals surface area contributed by atoms with Crippen LogP contribution in [0.4, 0.5) is 13.2 Å². The van der Waals surface area contributed by atoms with Crippen molar-refractivity contribution in [2.24, 2.45) is 0 Å². The number of hydrogen-bond acceptors (Lipinski definition) is 5. The zero-order valence-corrected chi connectivity index (χ0v) is 18.9. The lowest BCUT2D eigenvalue weighted by Crippen LogP contribution is -2.45. The Bertz CT molecular complexity index is 961. The number of piperidine rings is 1. The highest BCUT2D eigenvalue weighted by atomic mass is 32.2. The van der Waals surface area contributed by atoms with E-state index in [0.29, 0.717) is 12.6 Å². The largest absolute Gasteiger partial charge is 0.573 e. The van der Waals surface area contributed by atoms with Crippen molar-refractivity contribution in [3.63, 3.8) is 0 Å². The van der Waals surface area contributed by atoms with Gasteiger partial charge in [-0.3, -0.25) is 0 Å². The molecule has 3 rings (SSSR count). The van der Waals surface area contributed by atoms with E-state index in [1.807, 2.05) is 37.4 Å². The van der Waals surface area contributed by atoms with Gasteiger partial charge in [-0.25, -0.2) is 13.1 Å². The second kappa shape index (κ2) is 10.2. The van der Waals surface area contributed by atoms with Crippen molar-refractivity contribution in [3.8, 4) is 5.75 Å². The van der Waals surface area contributed by atoms with Crippen LogP contribution in [0.25, 0.3) is 0 Å². The van der Waals surface area contributed by atoms with Gasteiger partial charge in [0.25, 0.3) is 0 Å². The molecule has 0 unspecified atom stereocenters. The summed E-state index contributed by atoms with van der Waals surface area (Å²) in [7, 11) is 0.100. The maximum absolute atomic E-state index is 13.0. The average molecular weight is 472 g/mol. The maximum Gasteiger partial charge on any atom is 0.573 e. The first-order valence-corrected chi connectivity index (χ1v) is 11.8. The number of benzene rings is 2. The Morgan fingerprint density at radius 3 is 2.25 bits per heavy atom. The van der Waals surface area contributed by atoms with Crippen molar-refractivity contribution in [3.05, 3.63) is 60.2 Å². The van der Waals surface area contributed by atoms with Gasteiger partial charge in [0, 0.05) is 12.6 Å². The summed E-state index contributed by atoms with van der Waals surface area (Å²) in [4.78, 5) is 4.32. The molecule has 2 aromatic carbocycles. The van der Waals surface area contributed by atoms with E-state index in [4.69, 9.17) is 0 Å². The number of likely N-dealkylation sites (tertiary alicyclic amines) is 1. The first kappa shape index (κ1) is 24.5. The molecule has 0 amide bonds. The van der Waals surface area contributed by atoms with E-state index in [1.165, 1.54) is 0 Å². The van der Waals surface area contributed by atoms with Gasteiger partial charge in [0.1, 0.15) is 5.75 Å². The molecule has 0 aliphatic carbocycles. The molecular weight excluding hydrogens is 443 g/mol. The van der Waals surface area contributed by atoms with Gasteiger partial charge in [0.15, 0.2) is 0 Å². The van der Waals surface area contributed by atoms with Crippen molar-refractivity contribution >= 4 is 10.0 Å². The zero-order chi connectivity index (χ0) is 23.4. The Hall–Kier alpha value is -2.14. The summed E-state index contributed by atoms with van der Waals surface area (Å²) in [5, 5.41) is 0. The van der Waals surface area contributed by atoms with E-state index >= 15 is 0 Å². The number of likely N-dealkylation sites (N-methyl/N-ethyl adjacent to an activating group) is 1. The first-order valence-electron chi connectivity index (χ1n) is 10.4. The van der Waals surface area contributed by atoms with Crippen molar-refractivity contribution in [1.29, 1.82) is 0 Å². The molecule has 1 heterocycles. The standard InChI is InChI=1S/C22H28F3N3O3S/c1-27-14-12-18(13-15-27)28(2)16-21(17-6-4-3-5-7-17)26-32(29,30)20-10-8-19(9-11-20)31-22(23,24)25/h3-11,18,21,26H,12-16H2,1-2H3/t21-/m0/s1. The van der Waals surface area contributed by atoms with Crippen LogP contribution in [0.3, 0.4) is 0 Å². The Morgan fingerprint density at radius 2 is 1.69 bits per heavy atom. The number of sulfonamides is 1. The molecule has 0 spiro atoms. The minimum atomic E-state index is -4.84. The molecule has 6 nitrogen and oxygen atoms in total. The Kier molecular flexibility index (Phi) is 7.81. The number of rotatable bonds is 8. The summed E-state index contributed by atoms with van der Waals surface area (Å²) >= 11 is 0. The van der Waals surface area contributed by atoms with Gasteiger partial charge in [-0.15, -0.1) is 13.2 Å². The molecule has 2 aromatic rings. The molecule has 1 N–H and O–H groups in total. The lowest BCUT2D eigenvalue weighted by Gasteiger charge is -2.37. The van der Waals surface area contributed by atoms with Crippen LogP contribution in [0.15, 0.2) is 59.5 Å². The number of ether oxygens (including phenoxy) is 1. The molecule has 10 heteroatoms. The first-order chi connectivity index (χ1) is 15.0. The zero-order valence-electron chi connectivity index (χ0n) is 18.0. The minimum absolute atomic E-state index is 0.130. The smallest absolute Gasteiger partial charge is 0.406 e. The normalized spacial score (nSPS) is 17.4. The van der Waals surface area contributed by atoms with Crippen LogP contribution >= 0.6 is 0 Å². The van der Waals surface area contributed by atoms with Crippen molar-refractivity contribution in [2.75, 3.05) is 33.7 Å². The van der Waals surface area contributed by atoms with Crippen LogP contribution in [-0.4, -0.2) is 64.4 Å². The minimum Gasteiger partial charge on any atom is -0.406 e. The molecule has 1 atom stereocenters. The predicted molar refractivity (Wildman–Crippen MR) is 116 cm³/mol. The average Bonchev–Trinajstić information content (AvgIpc) is 2.73. The van der Waals surface area contributed by atoms with Crippen molar-refractivity contribution in [1.82, 2.24) is 14.5 Å². The van der Waals surface area contributed by atoms with Gasteiger partial charge < -0.3 is 14.5 Å². The van der Waals surface area contributed by atoms with Gasteiger partial charge in [0.2, 0.25) is 10.0 Å². The molecule has 1 aliphatic rings. The summed E-state index contributed by atoms with van der Waals surface area (Å²) in [5.74, 6) is -0.474. The van der Waals surface area contributed by atoms with Crippen LogP contribution in [0.5, 0.6) is 5.75 Å². The van der Waals surface area contributed by atoms with Crippen LogP contribution in [-0.2, 0) is 10.0 Å². The lowest BCUT2D eigenvalue weighted by molar-refractivity contribution is -0.274. The van der Waals surface area contributed by atoms with Crippen LogP contribution in [0.2, 0.25) is 0 Å². The summed E-state index contributed by atoms with van der Waals surface area (Å²) < 4.78 is 69.7. The third-order valence-corrected chi connectivity index (χ3v) is 7.14. The Labute approximate surface area is 187 Å². The van der Waals surface area contributed by atoms with E-state index in [1.54, 1.807) is 0 Å². The Morgan fingerprint density at radius 1 is 1.09 bits per heavy atom. The molecule has 0 bridgehead atoms. The molecule has 1 aliphatic heterocycles. The van der Waals surface area contributed by atoms with Crippen LogP contribution in [0, 0.1) is 0 Å². The summed E-state index contributed by atoms with van der Waals surface area (Å²) in [6, 6.07) is 13.3. The fourth-order valence-electron chi connectivity index (χ4n) is 3.84. The summed E-state index contributed by atoms with van der Waals surface area (Å²) in [6.07, 6.45) is -2.83. The van der Waals surface area contributed by atoms with Gasteiger partial charge in [-0.1, -0.05) is 30.3 Å². The quantitative estimate of drug-likeness (QED) is 0.637. The van der Waals surface area contributed by atoms with E-state index in [-0.39, 0.29) is 4.90 Å². The molecule has 1 saturated heterocycles. The highest BCUT2D eigenvalue weighted by Crippen LogP contribution is 2.25. The number of nitrogens with zero attached hydrogens (tertiary/aromatic N) is 2. The van der Waals surface area contributed by atoms with E-state index < -0.39 is 28.2 Å². The Balaban J connectivity index is 1.76. The molecule has 1 fully saturated rings. The number of halogens is 3. The number of nitrogens with one attached hydrogen (secondary N) is 1. The van der Waals surface area contributed by atoms with Crippen molar-refractivity contribution in [2.45, 2.75) is 36.2 Å². The molecule has 0 radical (unpaired) electrons. The number of alkyl halides is 3. The monoisotopic (exact) mass is 471 g/mol. The van der Waals surface area contributed by atoms with E-state index in [9.17, 15) is 21.6 Å². The summed E-state index contributed by atoms with van der Waals surface area (Å²) in [6.45, 7) is 2.44. The molecule has 0 aromatic heterocycles. The third kappa shape index (κ3) is 6.93. The fraction of sp³-hybridized carbons (Fsp3) is 0.455. The number of hydrogen-bond donors (Lipinski definition) is 1. The highest BCUT2D eigenvalue weighted by molar-refractivity contribution is 7.89. The van der Waals surface area contributed by atoms with Crippen LogP contribution in [0.1, 0.15) is 24.4 Å². The van der Waals surface area contributed by atoms with E-state index in [0.717, 1.165) is 55.8 Å². The molecule has 32 heavy (non-hydrogen) atoms. The van der Waals surface area contributed by atoms with Crippen LogP contribution < -0.4 is 9.46 Å². The fourth-order valence-corrected chi connectivity index (χ4v) is 5.06. The van der Waals surface area contributed by atoms with Gasteiger partial charge in [-0.2, -0.15) is 0 Å². The maximum atomic E-state index is 13.0. The SMILES string of the molecule is CN1CCC(N(C)C[C@H](NS(=O)(=O)c2ccc(OC(F)(F)F)cc2)c2ccccc2)CC1.